The van der Waals surface area contributed by atoms with Crippen molar-refractivity contribution in [1.29, 1.82) is 0 Å². The Labute approximate surface area is 303 Å². The second-order valence-electron chi connectivity index (χ2n) is 12.8. The number of hydrogen-bond donors (Lipinski definition) is 3. The first-order valence-corrected chi connectivity index (χ1v) is 18.8. The number of anilines is 2. The van der Waals surface area contributed by atoms with Crippen molar-refractivity contribution >= 4 is 54.9 Å². The summed E-state index contributed by atoms with van der Waals surface area (Å²) in [5.74, 6) is 3.43. The lowest BCUT2D eigenvalue weighted by atomic mass is 9.98. The number of rotatable bonds is 9. The molecule has 2 fully saturated rings. The number of fused-ring (bicyclic) bond motifs is 2. The number of aliphatic hydroxyl groups is 2. The quantitative estimate of drug-likeness (QED) is 0.149. The number of thiazole rings is 2. The third-order valence-electron chi connectivity index (χ3n) is 9.31. The minimum absolute atomic E-state index is 0.0676. The number of halogens is 1. The van der Waals surface area contributed by atoms with Crippen molar-refractivity contribution in [3.05, 3.63) is 67.1 Å². The van der Waals surface area contributed by atoms with Gasteiger partial charge in [-0.2, -0.15) is 0 Å². The molecule has 0 bridgehead atoms. The molecular formula is C37H40FN7O4S2. The highest BCUT2D eigenvalue weighted by atomic mass is 32.1. The third-order valence-corrected chi connectivity index (χ3v) is 11.4. The summed E-state index contributed by atoms with van der Waals surface area (Å²) < 4.78 is 19.6. The van der Waals surface area contributed by atoms with E-state index >= 15 is 0 Å². The van der Waals surface area contributed by atoms with Crippen molar-refractivity contribution in [2.75, 3.05) is 62.5 Å². The monoisotopic (exact) mass is 729 g/mol. The van der Waals surface area contributed by atoms with Gasteiger partial charge in [-0.25, -0.2) is 29.3 Å². The first kappa shape index (κ1) is 34.9. The van der Waals surface area contributed by atoms with Gasteiger partial charge >= 0.3 is 0 Å². The van der Waals surface area contributed by atoms with Gasteiger partial charge in [0.25, 0.3) is 0 Å². The molecule has 2 aliphatic heterocycles. The van der Waals surface area contributed by atoms with Crippen LogP contribution in [0.2, 0.25) is 0 Å². The first-order valence-electron chi connectivity index (χ1n) is 17.2. The molecule has 0 aliphatic carbocycles. The highest BCUT2D eigenvalue weighted by Crippen LogP contribution is 2.34. The highest BCUT2D eigenvalue weighted by Gasteiger charge is 2.21. The van der Waals surface area contributed by atoms with Crippen LogP contribution in [0.25, 0.3) is 41.6 Å². The smallest absolute Gasteiger partial charge is 0.225 e. The Kier molecular flexibility index (Phi) is 11.1. The van der Waals surface area contributed by atoms with E-state index in [9.17, 15) is 19.7 Å². The van der Waals surface area contributed by atoms with Gasteiger partial charge in [0.2, 0.25) is 5.95 Å². The molecule has 266 valence electrons. The van der Waals surface area contributed by atoms with Crippen molar-refractivity contribution < 1.29 is 24.4 Å². The second-order valence-corrected chi connectivity index (χ2v) is 14.8. The molecular weight excluding hydrogens is 690 g/mol. The normalized spacial score (nSPS) is 15.7. The van der Waals surface area contributed by atoms with E-state index in [4.69, 9.17) is 4.74 Å². The van der Waals surface area contributed by atoms with E-state index in [0.29, 0.717) is 17.6 Å². The van der Waals surface area contributed by atoms with Crippen LogP contribution in [0.3, 0.4) is 0 Å². The molecule has 11 nitrogen and oxygen atoms in total. The first-order chi connectivity index (χ1) is 25.0. The zero-order valence-corrected chi connectivity index (χ0v) is 29.7. The SMILES string of the molecule is OCC1CCN(c2ccc(-c3nc4ccc(OCCF)cc4s3)cn2)CC1.OCC1CCN(c2ncc(-c3nc4ccc(O)cc4s3)cn2)CC1. The third kappa shape index (κ3) is 8.36. The van der Waals surface area contributed by atoms with E-state index in [2.05, 4.69) is 40.8 Å². The van der Waals surface area contributed by atoms with Crippen LogP contribution in [0.1, 0.15) is 25.7 Å². The number of nitrogens with zero attached hydrogens (tertiary/aromatic N) is 7. The van der Waals surface area contributed by atoms with E-state index in [0.717, 1.165) is 105 Å². The molecule has 0 spiro atoms. The average molecular weight is 730 g/mol. The minimum atomic E-state index is -0.498. The largest absolute Gasteiger partial charge is 0.508 e. The Bertz CT molecular complexity index is 2030. The Morgan fingerprint density at radius 3 is 1.90 bits per heavy atom. The van der Waals surface area contributed by atoms with Gasteiger partial charge in [-0.1, -0.05) is 0 Å². The molecule has 2 saturated heterocycles. The van der Waals surface area contributed by atoms with Crippen molar-refractivity contribution in [3.63, 3.8) is 0 Å². The molecule has 6 heterocycles. The molecule has 14 heteroatoms. The van der Waals surface area contributed by atoms with E-state index < -0.39 is 6.67 Å². The van der Waals surface area contributed by atoms with Crippen LogP contribution in [0.15, 0.2) is 67.1 Å². The van der Waals surface area contributed by atoms with Gasteiger partial charge in [-0.3, -0.25) is 0 Å². The highest BCUT2D eigenvalue weighted by molar-refractivity contribution is 7.22. The number of ether oxygens (including phenoxy) is 1. The Hall–Kier alpha value is -4.50. The number of phenolic OH excluding ortho intramolecular Hbond substituents is 1. The molecule has 0 atom stereocenters. The maximum atomic E-state index is 12.3. The lowest BCUT2D eigenvalue weighted by Crippen LogP contribution is -2.35. The molecule has 0 radical (unpaired) electrons. The van der Waals surface area contributed by atoms with E-state index in [1.165, 1.54) is 11.3 Å². The molecule has 4 aromatic heterocycles. The van der Waals surface area contributed by atoms with Crippen LogP contribution >= 0.6 is 22.7 Å². The molecule has 2 aliphatic rings. The predicted molar refractivity (Wildman–Crippen MR) is 201 cm³/mol. The van der Waals surface area contributed by atoms with Crippen LogP contribution < -0.4 is 14.5 Å². The van der Waals surface area contributed by atoms with E-state index in [-0.39, 0.29) is 25.6 Å². The molecule has 3 N–H and O–H groups in total. The van der Waals surface area contributed by atoms with Gasteiger partial charge in [-0.05, 0) is 86.1 Å². The zero-order valence-electron chi connectivity index (χ0n) is 28.1. The molecule has 51 heavy (non-hydrogen) atoms. The molecule has 6 aromatic rings. The van der Waals surface area contributed by atoms with E-state index in [1.807, 2.05) is 36.5 Å². The Morgan fingerprint density at radius 1 is 0.706 bits per heavy atom. The van der Waals surface area contributed by atoms with Crippen molar-refractivity contribution in [3.8, 4) is 32.6 Å². The van der Waals surface area contributed by atoms with Gasteiger partial charge in [0.1, 0.15) is 40.6 Å². The van der Waals surface area contributed by atoms with Gasteiger partial charge in [0.15, 0.2) is 0 Å². The summed E-state index contributed by atoms with van der Waals surface area (Å²) in [4.78, 5) is 27.3. The summed E-state index contributed by atoms with van der Waals surface area (Å²) in [7, 11) is 0. The van der Waals surface area contributed by atoms with Crippen LogP contribution in [0.5, 0.6) is 11.5 Å². The summed E-state index contributed by atoms with van der Waals surface area (Å²) >= 11 is 3.09. The van der Waals surface area contributed by atoms with Gasteiger partial charge in [-0.15, -0.1) is 22.7 Å². The molecule has 0 amide bonds. The fourth-order valence-corrected chi connectivity index (χ4v) is 8.22. The Balaban J connectivity index is 0.000000160. The lowest BCUT2D eigenvalue weighted by Gasteiger charge is -2.31. The van der Waals surface area contributed by atoms with E-state index in [1.54, 1.807) is 35.9 Å². The number of pyridine rings is 1. The summed E-state index contributed by atoms with van der Waals surface area (Å²) in [6, 6.07) is 14.9. The minimum Gasteiger partial charge on any atom is -0.508 e. The fraction of sp³-hybridized carbons (Fsp3) is 0.378. The van der Waals surface area contributed by atoms with Gasteiger partial charge in [0, 0.05) is 69.1 Å². The topological polar surface area (TPSA) is 141 Å². The number of benzene rings is 2. The van der Waals surface area contributed by atoms with Crippen LogP contribution in [-0.4, -0.2) is 92.9 Å². The van der Waals surface area contributed by atoms with Crippen LogP contribution in [-0.2, 0) is 0 Å². The zero-order chi connectivity index (χ0) is 35.2. The van der Waals surface area contributed by atoms with Gasteiger partial charge < -0.3 is 29.9 Å². The van der Waals surface area contributed by atoms with Crippen molar-refractivity contribution in [1.82, 2.24) is 24.9 Å². The number of aromatic nitrogens is 5. The summed E-state index contributed by atoms with van der Waals surface area (Å²) in [5.41, 5.74) is 3.63. The summed E-state index contributed by atoms with van der Waals surface area (Å²) in [6.07, 6.45) is 9.43. The number of piperidine rings is 2. The number of phenols is 1. The molecule has 8 rings (SSSR count). The van der Waals surface area contributed by atoms with Crippen molar-refractivity contribution in [2.45, 2.75) is 25.7 Å². The lowest BCUT2D eigenvalue weighted by molar-refractivity contribution is 0.202. The maximum Gasteiger partial charge on any atom is 0.225 e. The average Bonchev–Trinajstić information content (AvgIpc) is 3.82. The number of aromatic hydroxyl groups is 1. The number of aliphatic hydroxyl groups excluding tert-OH is 2. The Morgan fingerprint density at radius 2 is 1.29 bits per heavy atom. The predicted octanol–water partition coefficient (Wildman–Crippen LogP) is 6.58. The number of hydrogen-bond acceptors (Lipinski definition) is 13. The van der Waals surface area contributed by atoms with Crippen molar-refractivity contribution in [2.24, 2.45) is 11.8 Å². The summed E-state index contributed by atoms with van der Waals surface area (Å²) in [6.45, 7) is 3.73. The molecule has 0 saturated carbocycles. The standard InChI is InChI=1S/C20H22FN3O2S.C17H18N4O2S/c21-7-10-26-16-2-3-17-18(11-16)27-20(23-17)15-1-4-19(22-12-15)24-8-5-14(13-25)6-9-24;22-10-11-3-5-21(6-4-11)17-18-8-12(9-19-17)16-20-14-2-1-13(23)7-15(14)24-16/h1-4,11-12,14,25H,5-10,13H2;1-2,7-9,11,22-23H,3-6,10H2. The number of alkyl halides is 1. The van der Waals surface area contributed by atoms with Crippen LogP contribution in [0, 0.1) is 11.8 Å². The molecule has 2 aromatic carbocycles. The fourth-order valence-electron chi connectivity index (χ4n) is 6.27. The second kappa shape index (κ2) is 16.2. The molecule has 0 unspecified atom stereocenters. The summed E-state index contributed by atoms with van der Waals surface area (Å²) in [5, 5.41) is 29.8. The maximum absolute atomic E-state index is 12.3. The van der Waals surface area contributed by atoms with Crippen LogP contribution in [0.4, 0.5) is 16.2 Å². The van der Waals surface area contributed by atoms with Gasteiger partial charge in [0.05, 0.1) is 20.4 Å².